The number of carbonyl (C=O) groups is 1. The molecule has 0 saturated heterocycles. The summed E-state index contributed by atoms with van der Waals surface area (Å²) in [6.07, 6.45) is 7.37. The Morgan fingerprint density at radius 1 is 1.11 bits per heavy atom. The minimum Gasteiger partial charge on any atom is -0.379 e. The van der Waals surface area contributed by atoms with Crippen LogP contribution in [0.25, 0.3) is 0 Å². The van der Waals surface area contributed by atoms with Crippen LogP contribution in [-0.4, -0.2) is 48.7 Å². The first-order chi connectivity index (χ1) is 13.6. The maximum Gasteiger partial charge on any atom is 0.251 e. The zero-order valence-corrected chi connectivity index (χ0v) is 17.3. The first-order valence-electron chi connectivity index (χ1n) is 10.2. The first kappa shape index (κ1) is 22.1. The molecule has 154 valence electrons. The molecular formula is C22H33N3O3. The lowest BCUT2D eigenvalue weighted by molar-refractivity contribution is 0.0469. The highest BCUT2D eigenvalue weighted by Gasteiger charge is 2.10. The first-order valence-corrected chi connectivity index (χ1v) is 10.2. The van der Waals surface area contributed by atoms with Crippen molar-refractivity contribution in [2.75, 3.05) is 33.0 Å². The van der Waals surface area contributed by atoms with Crippen LogP contribution in [0.15, 0.2) is 36.7 Å². The van der Waals surface area contributed by atoms with E-state index in [4.69, 9.17) is 9.47 Å². The molecule has 2 aromatic rings. The zero-order chi connectivity index (χ0) is 20.2. The summed E-state index contributed by atoms with van der Waals surface area (Å²) in [5.41, 5.74) is 2.89. The van der Waals surface area contributed by atoms with E-state index in [-0.39, 0.29) is 11.9 Å². The van der Waals surface area contributed by atoms with Gasteiger partial charge in [0, 0.05) is 24.9 Å². The van der Waals surface area contributed by atoms with Crippen LogP contribution >= 0.6 is 0 Å². The molecular weight excluding hydrogens is 354 g/mol. The average Bonchev–Trinajstić information content (AvgIpc) is 3.15. The number of unbranched alkanes of at least 4 members (excludes halogenated alkanes) is 2. The molecule has 1 aromatic carbocycles. The van der Waals surface area contributed by atoms with Crippen molar-refractivity contribution in [1.82, 2.24) is 15.1 Å². The van der Waals surface area contributed by atoms with E-state index in [9.17, 15) is 4.79 Å². The molecule has 1 heterocycles. The quantitative estimate of drug-likeness (QED) is 0.532. The van der Waals surface area contributed by atoms with E-state index in [0.29, 0.717) is 31.9 Å². The maximum absolute atomic E-state index is 12.2. The second kappa shape index (κ2) is 12.3. The van der Waals surface area contributed by atoms with Crippen LogP contribution in [0.1, 0.15) is 60.6 Å². The number of carbonyl (C=O) groups excluding carboxylic acids is 1. The molecule has 0 aliphatic carbocycles. The second-order valence-corrected chi connectivity index (χ2v) is 6.98. The summed E-state index contributed by atoms with van der Waals surface area (Å²) >= 11 is 0. The number of nitrogens with zero attached hydrogens (tertiary/aromatic N) is 2. The van der Waals surface area contributed by atoms with Gasteiger partial charge in [0.15, 0.2) is 0 Å². The van der Waals surface area contributed by atoms with Gasteiger partial charge in [-0.3, -0.25) is 9.48 Å². The fraction of sp³-hybridized carbons (Fsp3) is 0.545. The van der Waals surface area contributed by atoms with Gasteiger partial charge in [0.05, 0.1) is 32.1 Å². The summed E-state index contributed by atoms with van der Waals surface area (Å²) in [7, 11) is 0. The van der Waals surface area contributed by atoms with Gasteiger partial charge in [-0.2, -0.15) is 5.10 Å². The Morgan fingerprint density at radius 2 is 1.82 bits per heavy atom. The number of rotatable bonds is 13. The summed E-state index contributed by atoms with van der Waals surface area (Å²) in [4.78, 5) is 12.2. The second-order valence-electron chi connectivity index (χ2n) is 6.98. The largest absolute Gasteiger partial charge is 0.379 e. The van der Waals surface area contributed by atoms with E-state index in [0.717, 1.165) is 24.2 Å². The third-order valence-electron chi connectivity index (χ3n) is 4.58. The predicted octanol–water partition coefficient (Wildman–Crippen LogP) is 3.75. The highest BCUT2D eigenvalue weighted by Crippen LogP contribution is 2.18. The van der Waals surface area contributed by atoms with E-state index in [1.807, 2.05) is 48.3 Å². The molecule has 1 amide bonds. The number of ether oxygens (including phenoxy) is 2. The molecule has 6 nitrogen and oxygen atoms in total. The Hall–Kier alpha value is -2.18. The summed E-state index contributed by atoms with van der Waals surface area (Å²) in [5.74, 6) is -0.0893. The molecule has 1 unspecified atom stereocenters. The van der Waals surface area contributed by atoms with E-state index >= 15 is 0 Å². The van der Waals surface area contributed by atoms with Gasteiger partial charge in [-0.15, -0.1) is 0 Å². The Balaban J connectivity index is 1.63. The van der Waals surface area contributed by atoms with Crippen molar-refractivity contribution in [3.63, 3.8) is 0 Å². The van der Waals surface area contributed by atoms with Crippen molar-refractivity contribution in [3.8, 4) is 0 Å². The summed E-state index contributed by atoms with van der Waals surface area (Å²) in [5, 5.41) is 7.23. The number of nitrogens with one attached hydrogen (secondary N) is 1. The van der Waals surface area contributed by atoms with Crippen molar-refractivity contribution >= 4 is 5.91 Å². The standard InChI is InChI=1S/C22H33N3O3/c1-4-5-6-12-27-14-15-28-13-11-23-22(26)21-9-7-20(8-10-21)19(3)25-17-18(2)16-24-25/h7-10,16-17,19H,4-6,11-15H2,1-3H3,(H,23,26). The lowest BCUT2D eigenvalue weighted by atomic mass is 10.1. The third kappa shape index (κ3) is 7.44. The van der Waals surface area contributed by atoms with Crippen LogP contribution < -0.4 is 5.32 Å². The number of amides is 1. The number of benzene rings is 1. The summed E-state index contributed by atoms with van der Waals surface area (Å²) in [6, 6.07) is 7.78. The number of hydrogen-bond donors (Lipinski definition) is 1. The fourth-order valence-corrected chi connectivity index (χ4v) is 2.83. The summed E-state index contributed by atoms with van der Waals surface area (Å²) in [6.45, 7) is 9.21. The van der Waals surface area contributed by atoms with Gasteiger partial charge in [0.25, 0.3) is 5.91 Å². The van der Waals surface area contributed by atoms with Crippen molar-refractivity contribution in [2.45, 2.75) is 46.1 Å². The molecule has 0 saturated carbocycles. The normalized spacial score (nSPS) is 12.1. The van der Waals surface area contributed by atoms with Gasteiger partial charge in [0.2, 0.25) is 0 Å². The number of hydrogen-bond acceptors (Lipinski definition) is 4. The molecule has 1 N–H and O–H groups in total. The number of aryl methyl sites for hydroxylation is 1. The highest BCUT2D eigenvalue weighted by molar-refractivity contribution is 5.94. The Kier molecular flexibility index (Phi) is 9.72. The maximum atomic E-state index is 12.2. The Morgan fingerprint density at radius 3 is 2.46 bits per heavy atom. The molecule has 1 atom stereocenters. The predicted molar refractivity (Wildman–Crippen MR) is 111 cm³/mol. The molecule has 0 aliphatic rings. The summed E-state index contributed by atoms with van der Waals surface area (Å²) < 4.78 is 12.9. The van der Waals surface area contributed by atoms with E-state index in [1.165, 1.54) is 12.8 Å². The molecule has 6 heteroatoms. The SMILES string of the molecule is CCCCCOCCOCCNC(=O)c1ccc(C(C)n2cc(C)cn2)cc1. The lowest BCUT2D eigenvalue weighted by Crippen LogP contribution is -2.27. The fourth-order valence-electron chi connectivity index (χ4n) is 2.83. The van der Waals surface area contributed by atoms with Gasteiger partial charge in [-0.05, 0) is 43.5 Å². The van der Waals surface area contributed by atoms with Gasteiger partial charge >= 0.3 is 0 Å². The van der Waals surface area contributed by atoms with E-state index < -0.39 is 0 Å². The molecule has 0 aliphatic heterocycles. The van der Waals surface area contributed by atoms with Crippen LogP contribution in [0, 0.1) is 6.92 Å². The molecule has 0 fully saturated rings. The number of aromatic nitrogens is 2. The van der Waals surface area contributed by atoms with Crippen LogP contribution in [0.5, 0.6) is 0 Å². The van der Waals surface area contributed by atoms with E-state index in [1.54, 1.807) is 0 Å². The van der Waals surface area contributed by atoms with Crippen molar-refractivity contribution < 1.29 is 14.3 Å². The van der Waals surface area contributed by atoms with Crippen molar-refractivity contribution in [1.29, 1.82) is 0 Å². The van der Waals surface area contributed by atoms with E-state index in [2.05, 4.69) is 24.3 Å². The highest BCUT2D eigenvalue weighted by atomic mass is 16.5. The third-order valence-corrected chi connectivity index (χ3v) is 4.58. The zero-order valence-electron chi connectivity index (χ0n) is 17.3. The topological polar surface area (TPSA) is 65.4 Å². The average molecular weight is 388 g/mol. The molecule has 0 spiro atoms. The van der Waals surface area contributed by atoms with Gasteiger partial charge in [-0.1, -0.05) is 31.9 Å². The van der Waals surface area contributed by atoms with Crippen LogP contribution in [-0.2, 0) is 9.47 Å². The lowest BCUT2D eigenvalue weighted by Gasteiger charge is -2.13. The molecule has 0 bridgehead atoms. The molecule has 2 rings (SSSR count). The van der Waals surface area contributed by atoms with Crippen LogP contribution in [0.3, 0.4) is 0 Å². The van der Waals surface area contributed by atoms with Gasteiger partial charge < -0.3 is 14.8 Å². The molecule has 0 radical (unpaired) electrons. The minimum absolute atomic E-state index is 0.0893. The van der Waals surface area contributed by atoms with Crippen LogP contribution in [0.2, 0.25) is 0 Å². The smallest absolute Gasteiger partial charge is 0.251 e. The van der Waals surface area contributed by atoms with Crippen LogP contribution in [0.4, 0.5) is 0 Å². The molecule has 28 heavy (non-hydrogen) atoms. The Bertz CT molecular complexity index is 697. The minimum atomic E-state index is -0.0893. The van der Waals surface area contributed by atoms with Crippen molar-refractivity contribution in [2.24, 2.45) is 0 Å². The molecule has 1 aromatic heterocycles. The van der Waals surface area contributed by atoms with Gasteiger partial charge in [-0.25, -0.2) is 0 Å². The van der Waals surface area contributed by atoms with Crippen molar-refractivity contribution in [3.05, 3.63) is 53.3 Å². The van der Waals surface area contributed by atoms with Gasteiger partial charge in [0.1, 0.15) is 0 Å². The monoisotopic (exact) mass is 387 g/mol. The Labute approximate surface area is 168 Å².